The number of rotatable bonds is 4. The number of nitrogens with one attached hydrogen (secondary N) is 1. The van der Waals surface area contributed by atoms with E-state index in [-0.39, 0.29) is 5.56 Å². The van der Waals surface area contributed by atoms with Crippen LogP contribution < -0.4 is 5.32 Å². The third kappa shape index (κ3) is 3.15. The van der Waals surface area contributed by atoms with Gasteiger partial charge >= 0.3 is 5.97 Å². The SMILES string of the molecule is O=C(O)c1cccc(Nc2ccc(-c3ccccc3)cc2)c1. The van der Waals surface area contributed by atoms with E-state index < -0.39 is 5.97 Å². The Balaban J connectivity index is 1.79. The highest BCUT2D eigenvalue weighted by Gasteiger charge is 2.03. The smallest absolute Gasteiger partial charge is 0.335 e. The Morgan fingerprint density at radius 1 is 0.727 bits per heavy atom. The van der Waals surface area contributed by atoms with Gasteiger partial charge in [0.1, 0.15) is 0 Å². The van der Waals surface area contributed by atoms with E-state index >= 15 is 0 Å². The summed E-state index contributed by atoms with van der Waals surface area (Å²) in [5.74, 6) is -0.928. The van der Waals surface area contributed by atoms with Gasteiger partial charge in [0.15, 0.2) is 0 Å². The zero-order valence-electron chi connectivity index (χ0n) is 11.9. The molecule has 0 aliphatic rings. The van der Waals surface area contributed by atoms with Gasteiger partial charge in [-0.2, -0.15) is 0 Å². The zero-order chi connectivity index (χ0) is 15.4. The molecule has 3 rings (SSSR count). The van der Waals surface area contributed by atoms with Gasteiger partial charge in [-0.05, 0) is 41.5 Å². The van der Waals surface area contributed by atoms with Crippen molar-refractivity contribution in [3.8, 4) is 11.1 Å². The summed E-state index contributed by atoms with van der Waals surface area (Å²) in [6.45, 7) is 0. The fourth-order valence-corrected chi connectivity index (χ4v) is 2.27. The number of anilines is 2. The van der Waals surface area contributed by atoms with Gasteiger partial charge in [0, 0.05) is 11.4 Å². The van der Waals surface area contributed by atoms with E-state index in [1.165, 1.54) is 5.56 Å². The van der Waals surface area contributed by atoms with E-state index in [9.17, 15) is 4.79 Å². The molecule has 0 fully saturated rings. The second kappa shape index (κ2) is 6.14. The van der Waals surface area contributed by atoms with Crippen molar-refractivity contribution in [3.63, 3.8) is 0 Å². The maximum absolute atomic E-state index is 11.0. The Labute approximate surface area is 128 Å². The molecule has 3 aromatic rings. The predicted octanol–water partition coefficient (Wildman–Crippen LogP) is 4.80. The molecule has 0 amide bonds. The first-order valence-electron chi connectivity index (χ1n) is 6.98. The molecule has 22 heavy (non-hydrogen) atoms. The molecule has 2 N–H and O–H groups in total. The van der Waals surface area contributed by atoms with Crippen LogP contribution in [0.5, 0.6) is 0 Å². The van der Waals surface area contributed by atoms with Crippen molar-refractivity contribution >= 4 is 17.3 Å². The molecule has 0 aliphatic carbocycles. The summed E-state index contributed by atoms with van der Waals surface area (Å²) in [4.78, 5) is 11.0. The number of benzene rings is 3. The molecule has 0 heterocycles. The molecular formula is C19H15NO2. The summed E-state index contributed by atoms with van der Waals surface area (Å²) in [5, 5.41) is 12.2. The van der Waals surface area contributed by atoms with Crippen molar-refractivity contribution < 1.29 is 9.90 Å². The molecule has 0 aliphatic heterocycles. The number of carboxylic acid groups (broad SMARTS) is 1. The average molecular weight is 289 g/mol. The first-order chi connectivity index (χ1) is 10.7. The van der Waals surface area contributed by atoms with Crippen molar-refractivity contribution in [3.05, 3.63) is 84.4 Å². The minimum Gasteiger partial charge on any atom is -0.478 e. The van der Waals surface area contributed by atoms with Gasteiger partial charge in [-0.3, -0.25) is 0 Å². The monoisotopic (exact) mass is 289 g/mol. The topological polar surface area (TPSA) is 49.3 Å². The highest BCUT2D eigenvalue weighted by atomic mass is 16.4. The molecule has 3 aromatic carbocycles. The minimum atomic E-state index is -0.928. The van der Waals surface area contributed by atoms with Crippen LogP contribution in [0.25, 0.3) is 11.1 Å². The molecule has 0 spiro atoms. The highest BCUT2D eigenvalue weighted by Crippen LogP contribution is 2.23. The quantitative estimate of drug-likeness (QED) is 0.725. The fourth-order valence-electron chi connectivity index (χ4n) is 2.27. The lowest BCUT2D eigenvalue weighted by atomic mass is 10.1. The van der Waals surface area contributed by atoms with Crippen LogP contribution in [0.1, 0.15) is 10.4 Å². The van der Waals surface area contributed by atoms with Crippen molar-refractivity contribution in [2.75, 3.05) is 5.32 Å². The molecule has 0 bridgehead atoms. The minimum absolute atomic E-state index is 0.269. The van der Waals surface area contributed by atoms with E-state index in [1.807, 2.05) is 48.5 Å². The standard InChI is InChI=1S/C19H15NO2/c21-19(22)16-7-4-8-18(13-16)20-17-11-9-15(10-12-17)14-5-2-1-3-6-14/h1-13,20H,(H,21,22). The van der Waals surface area contributed by atoms with Crippen molar-refractivity contribution in [1.82, 2.24) is 0 Å². The van der Waals surface area contributed by atoms with Crippen molar-refractivity contribution in [2.24, 2.45) is 0 Å². The number of hydrogen-bond donors (Lipinski definition) is 2. The van der Waals surface area contributed by atoms with Crippen LogP contribution >= 0.6 is 0 Å². The van der Waals surface area contributed by atoms with E-state index in [4.69, 9.17) is 5.11 Å². The molecule has 0 saturated carbocycles. The summed E-state index contributed by atoms with van der Waals surface area (Å²) in [7, 11) is 0. The Bertz CT molecular complexity index is 780. The van der Waals surface area contributed by atoms with Crippen molar-refractivity contribution in [1.29, 1.82) is 0 Å². The molecule has 0 unspecified atom stereocenters. The molecule has 0 radical (unpaired) electrons. The van der Waals surface area contributed by atoms with Crippen molar-refractivity contribution in [2.45, 2.75) is 0 Å². The average Bonchev–Trinajstić information content (AvgIpc) is 2.56. The third-order valence-electron chi connectivity index (χ3n) is 3.39. The van der Waals surface area contributed by atoms with E-state index in [0.717, 1.165) is 16.9 Å². The Hall–Kier alpha value is -3.07. The summed E-state index contributed by atoms with van der Waals surface area (Å²) >= 11 is 0. The van der Waals surface area contributed by atoms with Crippen LogP contribution in [0, 0.1) is 0 Å². The van der Waals surface area contributed by atoms with E-state index in [0.29, 0.717) is 0 Å². The second-order valence-electron chi connectivity index (χ2n) is 4.95. The second-order valence-corrected chi connectivity index (χ2v) is 4.95. The van der Waals surface area contributed by atoms with Gasteiger partial charge in [-0.25, -0.2) is 4.79 Å². The van der Waals surface area contributed by atoms with Crippen LogP contribution in [0.4, 0.5) is 11.4 Å². The van der Waals surface area contributed by atoms with Crippen LogP contribution in [-0.2, 0) is 0 Å². The molecule has 0 atom stereocenters. The van der Waals surface area contributed by atoms with Crippen LogP contribution in [-0.4, -0.2) is 11.1 Å². The number of carbonyl (C=O) groups is 1. The van der Waals surface area contributed by atoms with Gasteiger partial charge in [-0.15, -0.1) is 0 Å². The first kappa shape index (κ1) is 13.9. The van der Waals surface area contributed by atoms with Gasteiger partial charge in [0.25, 0.3) is 0 Å². The van der Waals surface area contributed by atoms with E-state index in [2.05, 4.69) is 17.4 Å². The predicted molar refractivity (Wildman–Crippen MR) is 88.6 cm³/mol. The molecule has 108 valence electrons. The molecule has 3 heteroatoms. The molecule has 0 aromatic heterocycles. The highest BCUT2D eigenvalue weighted by molar-refractivity contribution is 5.89. The maximum atomic E-state index is 11.0. The molecule has 3 nitrogen and oxygen atoms in total. The lowest BCUT2D eigenvalue weighted by Gasteiger charge is -2.08. The Morgan fingerprint density at radius 3 is 2.09 bits per heavy atom. The number of hydrogen-bond acceptors (Lipinski definition) is 2. The van der Waals surface area contributed by atoms with Crippen LogP contribution in [0.2, 0.25) is 0 Å². The van der Waals surface area contributed by atoms with Crippen LogP contribution in [0.15, 0.2) is 78.9 Å². The number of carboxylic acids is 1. The lowest BCUT2D eigenvalue weighted by molar-refractivity contribution is 0.0697. The van der Waals surface area contributed by atoms with E-state index in [1.54, 1.807) is 18.2 Å². The number of aromatic carboxylic acids is 1. The van der Waals surface area contributed by atoms with Crippen LogP contribution in [0.3, 0.4) is 0 Å². The first-order valence-corrected chi connectivity index (χ1v) is 6.98. The van der Waals surface area contributed by atoms with Gasteiger partial charge in [0.05, 0.1) is 5.56 Å². The Kier molecular flexibility index (Phi) is 3.88. The summed E-state index contributed by atoms with van der Waals surface area (Å²) in [5.41, 5.74) is 4.26. The normalized spacial score (nSPS) is 10.2. The zero-order valence-corrected chi connectivity index (χ0v) is 11.9. The third-order valence-corrected chi connectivity index (χ3v) is 3.39. The maximum Gasteiger partial charge on any atom is 0.335 e. The summed E-state index contributed by atoms with van der Waals surface area (Å²) in [6.07, 6.45) is 0. The Morgan fingerprint density at radius 2 is 1.41 bits per heavy atom. The van der Waals surface area contributed by atoms with Gasteiger partial charge in [0.2, 0.25) is 0 Å². The summed E-state index contributed by atoms with van der Waals surface area (Å²) < 4.78 is 0. The largest absolute Gasteiger partial charge is 0.478 e. The fraction of sp³-hybridized carbons (Fsp3) is 0. The van der Waals surface area contributed by atoms with Gasteiger partial charge in [-0.1, -0.05) is 48.5 Å². The molecular weight excluding hydrogens is 274 g/mol. The van der Waals surface area contributed by atoms with Gasteiger partial charge < -0.3 is 10.4 Å². The molecule has 0 saturated heterocycles. The summed E-state index contributed by atoms with van der Waals surface area (Å²) in [6, 6.07) is 25.0. The lowest BCUT2D eigenvalue weighted by Crippen LogP contribution is -1.97.